The first kappa shape index (κ1) is 13.2. The molecule has 1 fully saturated rings. The number of hydrogen-bond acceptors (Lipinski definition) is 2. The van der Waals surface area contributed by atoms with Crippen molar-refractivity contribution in [2.45, 2.75) is 45.3 Å². The Balaban J connectivity index is 2.03. The van der Waals surface area contributed by atoms with Gasteiger partial charge in [0.2, 0.25) is 0 Å². The van der Waals surface area contributed by atoms with Gasteiger partial charge in [-0.3, -0.25) is 0 Å². The first-order valence-electron chi connectivity index (χ1n) is 6.14. The maximum atomic E-state index is 13.0. The minimum Gasteiger partial charge on any atom is -0.382 e. The van der Waals surface area contributed by atoms with E-state index in [0.29, 0.717) is 18.8 Å². The highest BCUT2D eigenvalue weighted by atomic mass is 19.4. The number of halogens is 3. The monoisotopic (exact) mass is 261 g/mol. The van der Waals surface area contributed by atoms with Gasteiger partial charge < -0.3 is 10.3 Å². The lowest BCUT2D eigenvalue weighted by Gasteiger charge is -2.39. The van der Waals surface area contributed by atoms with Gasteiger partial charge in [0.25, 0.3) is 0 Å². The topological polar surface area (TPSA) is 43.8 Å². The van der Waals surface area contributed by atoms with Crippen LogP contribution >= 0.6 is 0 Å². The number of imidazole rings is 1. The van der Waals surface area contributed by atoms with Gasteiger partial charge in [-0.1, -0.05) is 13.3 Å². The average molecular weight is 261 g/mol. The number of hydrogen-bond donors (Lipinski definition) is 1. The lowest BCUT2D eigenvalue weighted by molar-refractivity contribution is -0.232. The Morgan fingerprint density at radius 2 is 2.28 bits per heavy atom. The number of alkyl halides is 3. The van der Waals surface area contributed by atoms with E-state index in [4.69, 9.17) is 5.73 Å². The summed E-state index contributed by atoms with van der Waals surface area (Å²) in [6, 6.07) is 0. The first-order valence-corrected chi connectivity index (χ1v) is 6.14. The van der Waals surface area contributed by atoms with Gasteiger partial charge in [0.1, 0.15) is 5.82 Å². The van der Waals surface area contributed by atoms with Crippen molar-refractivity contribution < 1.29 is 13.2 Å². The fraction of sp³-hybridized carbons (Fsp3) is 0.750. The minimum atomic E-state index is -4.11. The maximum absolute atomic E-state index is 13.0. The number of anilines is 1. The Bertz CT molecular complexity index is 413. The van der Waals surface area contributed by atoms with Crippen LogP contribution in [0.25, 0.3) is 0 Å². The summed E-state index contributed by atoms with van der Waals surface area (Å²) < 4.78 is 40.8. The molecule has 1 heterocycles. The van der Waals surface area contributed by atoms with Crippen LogP contribution in [0.3, 0.4) is 0 Å². The summed E-state index contributed by atoms with van der Waals surface area (Å²) in [7, 11) is 0. The number of rotatable bonds is 2. The van der Waals surface area contributed by atoms with Crippen molar-refractivity contribution >= 4 is 5.82 Å². The van der Waals surface area contributed by atoms with E-state index in [-0.39, 0.29) is 18.8 Å². The van der Waals surface area contributed by atoms with Gasteiger partial charge in [-0.25, -0.2) is 4.98 Å². The number of nitrogens with zero attached hydrogens (tertiary/aromatic N) is 2. The second kappa shape index (κ2) is 4.48. The van der Waals surface area contributed by atoms with Gasteiger partial charge in [0.15, 0.2) is 0 Å². The van der Waals surface area contributed by atoms with Crippen molar-refractivity contribution in [3.63, 3.8) is 0 Å². The molecule has 1 aliphatic carbocycles. The summed E-state index contributed by atoms with van der Waals surface area (Å²) in [6.45, 7) is 1.90. The number of aromatic nitrogens is 2. The molecule has 3 nitrogen and oxygen atoms in total. The summed E-state index contributed by atoms with van der Waals surface area (Å²) in [5.41, 5.74) is 3.95. The normalized spacial score (nSPS) is 29.4. The predicted octanol–water partition coefficient (Wildman–Crippen LogP) is 3.22. The molecule has 0 spiro atoms. The Hall–Kier alpha value is -1.20. The van der Waals surface area contributed by atoms with Crippen LogP contribution in [0.1, 0.15) is 32.6 Å². The molecular weight excluding hydrogens is 243 g/mol. The van der Waals surface area contributed by atoms with Crippen molar-refractivity contribution in [3.8, 4) is 0 Å². The zero-order valence-electron chi connectivity index (χ0n) is 10.4. The van der Waals surface area contributed by atoms with Gasteiger partial charge in [-0.2, -0.15) is 13.2 Å². The van der Waals surface area contributed by atoms with E-state index in [1.54, 1.807) is 17.1 Å². The van der Waals surface area contributed by atoms with E-state index in [2.05, 4.69) is 4.98 Å². The second-order valence-electron chi connectivity index (χ2n) is 5.52. The zero-order valence-corrected chi connectivity index (χ0v) is 10.4. The molecule has 1 saturated carbocycles. The predicted molar refractivity (Wildman–Crippen MR) is 62.8 cm³/mol. The van der Waals surface area contributed by atoms with E-state index in [1.807, 2.05) is 0 Å². The van der Waals surface area contributed by atoms with Gasteiger partial charge in [-0.15, -0.1) is 0 Å². The molecule has 0 bridgehead atoms. The fourth-order valence-corrected chi connectivity index (χ4v) is 2.81. The van der Waals surface area contributed by atoms with Crippen molar-refractivity contribution in [2.24, 2.45) is 11.3 Å². The molecule has 2 N–H and O–H groups in total. The van der Waals surface area contributed by atoms with Crippen LogP contribution in [0.15, 0.2) is 12.5 Å². The molecule has 1 aliphatic rings. The highest BCUT2D eigenvalue weighted by Crippen LogP contribution is 2.50. The van der Waals surface area contributed by atoms with E-state index in [1.165, 1.54) is 6.92 Å². The van der Waals surface area contributed by atoms with Crippen LogP contribution < -0.4 is 5.73 Å². The van der Waals surface area contributed by atoms with E-state index < -0.39 is 11.6 Å². The van der Waals surface area contributed by atoms with Gasteiger partial charge >= 0.3 is 6.18 Å². The molecule has 1 unspecified atom stereocenters. The largest absolute Gasteiger partial charge is 0.394 e. The molecule has 0 radical (unpaired) electrons. The molecule has 0 aliphatic heterocycles. The third-order valence-corrected chi connectivity index (χ3v) is 3.89. The minimum absolute atomic E-state index is 0.0407. The Labute approximate surface area is 104 Å². The van der Waals surface area contributed by atoms with Gasteiger partial charge in [0.05, 0.1) is 11.7 Å². The SMILES string of the molecule is C[C@]1(C(F)(F)F)CCCC(Cn2cnc(N)c2)C1. The number of nitrogens with two attached hydrogens (primary N) is 1. The third-order valence-electron chi connectivity index (χ3n) is 3.89. The Morgan fingerprint density at radius 3 is 2.83 bits per heavy atom. The average Bonchev–Trinajstić information content (AvgIpc) is 2.62. The third kappa shape index (κ3) is 2.62. The van der Waals surface area contributed by atoms with Crippen LogP contribution in [0.5, 0.6) is 0 Å². The van der Waals surface area contributed by atoms with E-state index >= 15 is 0 Å². The summed E-state index contributed by atoms with van der Waals surface area (Å²) in [5, 5.41) is 0. The summed E-state index contributed by atoms with van der Waals surface area (Å²) in [4.78, 5) is 3.89. The standard InChI is InChI=1S/C12H18F3N3/c1-11(12(13,14)15)4-2-3-9(5-11)6-18-7-10(16)17-8-18/h7-9H,2-6,16H2,1H3/t9?,11-/m0/s1. The molecule has 0 aromatic carbocycles. The highest BCUT2D eigenvalue weighted by molar-refractivity contribution is 5.22. The Kier molecular flexibility index (Phi) is 3.29. The lowest BCUT2D eigenvalue weighted by Crippen LogP contribution is -2.40. The molecule has 2 atom stereocenters. The molecule has 2 rings (SSSR count). The molecule has 18 heavy (non-hydrogen) atoms. The molecular formula is C12H18F3N3. The zero-order chi connectivity index (χ0) is 13.4. The summed E-state index contributed by atoms with van der Waals surface area (Å²) in [5.74, 6) is 0.448. The van der Waals surface area contributed by atoms with E-state index in [0.717, 1.165) is 6.42 Å². The number of nitrogen functional groups attached to an aromatic ring is 1. The molecule has 1 aromatic heterocycles. The van der Waals surface area contributed by atoms with Crippen LogP contribution in [0, 0.1) is 11.3 Å². The summed E-state index contributed by atoms with van der Waals surface area (Å²) >= 11 is 0. The first-order chi connectivity index (χ1) is 8.30. The molecule has 1 aromatic rings. The Morgan fingerprint density at radius 1 is 1.56 bits per heavy atom. The smallest absolute Gasteiger partial charge is 0.382 e. The van der Waals surface area contributed by atoms with Crippen LogP contribution in [-0.4, -0.2) is 15.7 Å². The maximum Gasteiger partial charge on any atom is 0.394 e. The summed E-state index contributed by atoms with van der Waals surface area (Å²) in [6.07, 6.45) is 1.02. The van der Waals surface area contributed by atoms with Crippen molar-refractivity contribution in [2.75, 3.05) is 5.73 Å². The van der Waals surface area contributed by atoms with Crippen molar-refractivity contribution in [3.05, 3.63) is 12.5 Å². The highest BCUT2D eigenvalue weighted by Gasteiger charge is 2.52. The quantitative estimate of drug-likeness (QED) is 0.888. The van der Waals surface area contributed by atoms with Crippen molar-refractivity contribution in [1.29, 1.82) is 0 Å². The van der Waals surface area contributed by atoms with Gasteiger partial charge in [-0.05, 0) is 25.2 Å². The van der Waals surface area contributed by atoms with Crippen LogP contribution in [0.2, 0.25) is 0 Å². The lowest BCUT2D eigenvalue weighted by atomic mass is 9.70. The fourth-order valence-electron chi connectivity index (χ4n) is 2.81. The molecule has 6 heteroatoms. The second-order valence-corrected chi connectivity index (χ2v) is 5.52. The van der Waals surface area contributed by atoms with Crippen LogP contribution in [-0.2, 0) is 6.54 Å². The van der Waals surface area contributed by atoms with E-state index in [9.17, 15) is 13.2 Å². The molecule has 0 saturated heterocycles. The van der Waals surface area contributed by atoms with Crippen LogP contribution in [0.4, 0.5) is 19.0 Å². The molecule has 0 amide bonds. The van der Waals surface area contributed by atoms with Gasteiger partial charge in [0, 0.05) is 12.7 Å². The molecule has 102 valence electrons. The van der Waals surface area contributed by atoms with Crippen molar-refractivity contribution in [1.82, 2.24) is 9.55 Å².